The number of rotatable bonds is 6. The predicted octanol–water partition coefficient (Wildman–Crippen LogP) is 3.16. The molecule has 0 bridgehead atoms. The third kappa shape index (κ3) is 4.18. The summed E-state index contributed by atoms with van der Waals surface area (Å²) in [5.74, 6) is 1.88. The van der Waals surface area contributed by atoms with Gasteiger partial charge < -0.3 is 19.0 Å². The lowest BCUT2D eigenvalue weighted by Gasteiger charge is -2.06. The quantitative estimate of drug-likeness (QED) is 0.669. The van der Waals surface area contributed by atoms with Gasteiger partial charge in [-0.1, -0.05) is 16.9 Å². The Morgan fingerprint density at radius 1 is 1.28 bits per heavy atom. The van der Waals surface area contributed by atoms with E-state index in [1.807, 2.05) is 24.3 Å². The highest BCUT2D eigenvalue weighted by Crippen LogP contribution is 2.27. The van der Waals surface area contributed by atoms with Crippen molar-refractivity contribution in [2.45, 2.75) is 24.3 Å². The van der Waals surface area contributed by atoms with E-state index in [2.05, 4.69) is 20.7 Å². The van der Waals surface area contributed by atoms with E-state index in [0.717, 1.165) is 11.3 Å². The van der Waals surface area contributed by atoms with Crippen molar-refractivity contribution in [2.75, 3.05) is 12.4 Å². The lowest BCUT2D eigenvalue weighted by Crippen LogP contribution is -2.22. The zero-order chi connectivity index (χ0) is 17.8. The Hall–Kier alpha value is -2.81. The number of ether oxygens (including phenoxy) is 1. The maximum absolute atomic E-state index is 12.2. The summed E-state index contributed by atoms with van der Waals surface area (Å²) >= 11 is 1.17. The number of thioether (sulfide) groups is 1. The average molecular weight is 360 g/mol. The van der Waals surface area contributed by atoms with Crippen molar-refractivity contribution in [2.24, 2.45) is 0 Å². The average Bonchev–Trinajstić information content (AvgIpc) is 3.24. The van der Waals surface area contributed by atoms with Gasteiger partial charge >= 0.3 is 0 Å². The first-order valence-electron chi connectivity index (χ1n) is 7.44. The van der Waals surface area contributed by atoms with Crippen LogP contribution in [0.25, 0.3) is 11.5 Å². The van der Waals surface area contributed by atoms with E-state index in [9.17, 15) is 4.79 Å². The number of methoxy groups -OCH3 is 1. The molecule has 0 aliphatic rings. The zero-order valence-corrected chi connectivity index (χ0v) is 14.7. The van der Waals surface area contributed by atoms with Crippen LogP contribution in [0.5, 0.6) is 5.75 Å². The van der Waals surface area contributed by atoms with Crippen molar-refractivity contribution in [3.63, 3.8) is 0 Å². The van der Waals surface area contributed by atoms with Gasteiger partial charge in [0.1, 0.15) is 11.5 Å². The van der Waals surface area contributed by atoms with Crippen LogP contribution < -0.4 is 10.1 Å². The summed E-state index contributed by atoms with van der Waals surface area (Å²) in [6, 6.07) is 8.90. The highest BCUT2D eigenvalue weighted by molar-refractivity contribution is 8.00. The SMILES string of the molecule is COc1ccc(-c2nnc(S[C@@H](C)C(=O)Nc3cc(C)on3)o2)cc1. The van der Waals surface area contributed by atoms with Crippen LogP contribution in [0.15, 0.2) is 44.5 Å². The van der Waals surface area contributed by atoms with E-state index < -0.39 is 5.25 Å². The molecule has 3 rings (SSSR count). The summed E-state index contributed by atoms with van der Waals surface area (Å²) in [6.45, 7) is 3.49. The molecule has 9 heteroatoms. The van der Waals surface area contributed by atoms with Gasteiger partial charge in [-0.2, -0.15) is 0 Å². The molecular weight excluding hydrogens is 344 g/mol. The van der Waals surface area contributed by atoms with Gasteiger partial charge in [-0.15, -0.1) is 10.2 Å². The number of carbonyl (C=O) groups excluding carboxylic acids is 1. The minimum Gasteiger partial charge on any atom is -0.497 e. The molecule has 0 spiro atoms. The Labute approximate surface area is 147 Å². The van der Waals surface area contributed by atoms with Crippen LogP contribution >= 0.6 is 11.8 Å². The molecule has 130 valence electrons. The molecule has 0 aliphatic carbocycles. The van der Waals surface area contributed by atoms with Gasteiger partial charge in [-0.05, 0) is 38.1 Å². The van der Waals surface area contributed by atoms with Crippen LogP contribution in [-0.4, -0.2) is 33.6 Å². The minimum absolute atomic E-state index is 0.234. The predicted molar refractivity (Wildman–Crippen MR) is 91.5 cm³/mol. The molecule has 2 heterocycles. The van der Waals surface area contributed by atoms with Crippen LogP contribution in [0.2, 0.25) is 0 Å². The number of anilines is 1. The zero-order valence-electron chi connectivity index (χ0n) is 13.8. The summed E-state index contributed by atoms with van der Waals surface area (Å²) in [5, 5.41) is 14.2. The van der Waals surface area contributed by atoms with E-state index >= 15 is 0 Å². The van der Waals surface area contributed by atoms with Crippen LogP contribution in [0, 0.1) is 6.92 Å². The minimum atomic E-state index is -0.443. The number of nitrogens with one attached hydrogen (secondary N) is 1. The van der Waals surface area contributed by atoms with Crippen molar-refractivity contribution in [1.82, 2.24) is 15.4 Å². The van der Waals surface area contributed by atoms with Crippen molar-refractivity contribution in [1.29, 1.82) is 0 Å². The van der Waals surface area contributed by atoms with Crippen molar-refractivity contribution in [3.8, 4) is 17.2 Å². The number of nitrogens with zero attached hydrogens (tertiary/aromatic N) is 3. The summed E-state index contributed by atoms with van der Waals surface area (Å²) < 4.78 is 15.6. The summed E-state index contributed by atoms with van der Waals surface area (Å²) in [5.41, 5.74) is 0.773. The molecular formula is C16H16N4O4S. The maximum Gasteiger partial charge on any atom is 0.277 e. The second kappa shape index (κ2) is 7.39. The Morgan fingerprint density at radius 2 is 2.04 bits per heavy atom. The molecule has 0 saturated carbocycles. The van der Waals surface area contributed by atoms with Gasteiger partial charge in [0.15, 0.2) is 5.82 Å². The molecule has 2 aromatic heterocycles. The van der Waals surface area contributed by atoms with Crippen molar-refractivity contribution < 1.29 is 18.5 Å². The van der Waals surface area contributed by atoms with Gasteiger partial charge in [-0.25, -0.2) is 0 Å². The molecule has 3 aromatic rings. The standard InChI is InChI=1S/C16H16N4O4S/c1-9-8-13(20-24-9)17-14(21)10(2)25-16-19-18-15(23-16)11-4-6-12(22-3)7-5-11/h4-8,10H,1-3H3,(H,17,20,21)/t10-/m0/s1. The lowest BCUT2D eigenvalue weighted by molar-refractivity contribution is -0.115. The highest BCUT2D eigenvalue weighted by atomic mass is 32.2. The normalized spacial score (nSPS) is 12.0. The number of amides is 1. The second-order valence-corrected chi connectivity index (χ2v) is 6.47. The highest BCUT2D eigenvalue weighted by Gasteiger charge is 2.20. The molecule has 0 fully saturated rings. The molecule has 0 saturated heterocycles. The monoisotopic (exact) mass is 360 g/mol. The van der Waals surface area contributed by atoms with Gasteiger partial charge in [-0.3, -0.25) is 4.79 Å². The summed E-state index contributed by atoms with van der Waals surface area (Å²) in [4.78, 5) is 12.2. The van der Waals surface area contributed by atoms with E-state index in [1.54, 1.807) is 27.0 Å². The van der Waals surface area contributed by atoms with Gasteiger partial charge in [0, 0.05) is 11.6 Å². The first-order valence-corrected chi connectivity index (χ1v) is 8.32. The van der Waals surface area contributed by atoms with Gasteiger partial charge in [0.25, 0.3) is 5.22 Å². The molecule has 1 N–H and O–H groups in total. The van der Waals surface area contributed by atoms with E-state index in [1.165, 1.54) is 11.8 Å². The molecule has 0 unspecified atom stereocenters. The molecule has 1 aromatic carbocycles. The fraction of sp³-hybridized carbons (Fsp3) is 0.250. The van der Waals surface area contributed by atoms with Crippen LogP contribution in [0.3, 0.4) is 0 Å². The third-order valence-corrected chi connectivity index (χ3v) is 4.20. The van der Waals surface area contributed by atoms with Crippen LogP contribution in [0.4, 0.5) is 5.82 Å². The fourth-order valence-electron chi connectivity index (χ4n) is 1.97. The number of hydrogen-bond acceptors (Lipinski definition) is 8. The molecule has 1 atom stereocenters. The summed E-state index contributed by atoms with van der Waals surface area (Å²) in [7, 11) is 1.60. The Balaban J connectivity index is 1.62. The van der Waals surface area contributed by atoms with E-state index in [-0.39, 0.29) is 5.91 Å². The molecule has 0 radical (unpaired) electrons. The fourth-order valence-corrected chi connectivity index (χ4v) is 2.65. The third-order valence-electron chi connectivity index (χ3n) is 3.27. The Bertz CT molecular complexity index is 859. The van der Waals surface area contributed by atoms with Crippen LogP contribution in [-0.2, 0) is 4.79 Å². The van der Waals surface area contributed by atoms with Gasteiger partial charge in [0.05, 0.1) is 12.4 Å². The molecule has 1 amide bonds. The topological polar surface area (TPSA) is 103 Å². The lowest BCUT2D eigenvalue weighted by atomic mass is 10.2. The smallest absolute Gasteiger partial charge is 0.277 e. The second-order valence-electron chi connectivity index (χ2n) is 5.17. The molecule has 25 heavy (non-hydrogen) atoms. The number of hydrogen-bond donors (Lipinski definition) is 1. The summed E-state index contributed by atoms with van der Waals surface area (Å²) in [6.07, 6.45) is 0. The largest absolute Gasteiger partial charge is 0.497 e. The Kier molecular flexibility index (Phi) is 5.03. The number of aryl methyl sites for hydroxylation is 1. The van der Waals surface area contributed by atoms with Crippen molar-refractivity contribution in [3.05, 3.63) is 36.1 Å². The van der Waals surface area contributed by atoms with Gasteiger partial charge in [0.2, 0.25) is 11.8 Å². The Morgan fingerprint density at radius 3 is 2.68 bits per heavy atom. The number of benzene rings is 1. The maximum atomic E-state index is 12.2. The number of carbonyl (C=O) groups is 1. The first-order chi connectivity index (χ1) is 12.0. The number of aromatic nitrogens is 3. The van der Waals surface area contributed by atoms with Crippen molar-refractivity contribution >= 4 is 23.5 Å². The first kappa shape index (κ1) is 17.0. The molecule has 0 aliphatic heterocycles. The van der Waals surface area contributed by atoms with E-state index in [4.69, 9.17) is 13.7 Å². The van der Waals surface area contributed by atoms with E-state index in [0.29, 0.717) is 22.7 Å². The molecule has 8 nitrogen and oxygen atoms in total. The van der Waals surface area contributed by atoms with Crippen LogP contribution in [0.1, 0.15) is 12.7 Å².